The summed E-state index contributed by atoms with van der Waals surface area (Å²) in [6, 6.07) is 12.7. The monoisotopic (exact) mass is 311 g/mol. The highest BCUT2D eigenvalue weighted by Gasteiger charge is 2.11. The van der Waals surface area contributed by atoms with Gasteiger partial charge in [-0.2, -0.15) is 5.26 Å². The number of rotatable bonds is 6. The number of halogens is 1. The van der Waals surface area contributed by atoms with Gasteiger partial charge in [0.1, 0.15) is 11.6 Å². The molecule has 120 valence electrons. The molecule has 0 bridgehead atoms. The molecule has 1 atom stereocenters. The van der Waals surface area contributed by atoms with E-state index >= 15 is 0 Å². The van der Waals surface area contributed by atoms with E-state index in [1.165, 1.54) is 17.7 Å². The molecule has 0 aromatic heterocycles. The maximum atomic E-state index is 12.9. The molecule has 0 saturated carbocycles. The maximum absolute atomic E-state index is 12.9. The van der Waals surface area contributed by atoms with Gasteiger partial charge in [0, 0.05) is 0 Å². The summed E-state index contributed by atoms with van der Waals surface area (Å²) < 4.78 is 18.9. The van der Waals surface area contributed by atoms with Gasteiger partial charge >= 0.3 is 0 Å². The van der Waals surface area contributed by atoms with Crippen LogP contribution in [0.5, 0.6) is 5.75 Å². The van der Waals surface area contributed by atoms with Gasteiger partial charge in [0.05, 0.1) is 18.6 Å². The first kappa shape index (κ1) is 17.0. The molecule has 0 saturated heterocycles. The molecule has 3 heteroatoms. The van der Waals surface area contributed by atoms with Crippen LogP contribution in [-0.4, -0.2) is 6.61 Å². The highest BCUT2D eigenvalue weighted by Crippen LogP contribution is 2.26. The van der Waals surface area contributed by atoms with Crippen molar-refractivity contribution < 1.29 is 9.13 Å². The third-order valence-corrected chi connectivity index (χ3v) is 3.92. The van der Waals surface area contributed by atoms with Crippen LogP contribution in [0.2, 0.25) is 0 Å². The van der Waals surface area contributed by atoms with Crippen LogP contribution in [0.25, 0.3) is 0 Å². The fourth-order valence-electron chi connectivity index (χ4n) is 2.86. The van der Waals surface area contributed by atoms with E-state index in [0.29, 0.717) is 13.0 Å². The molecule has 0 heterocycles. The predicted octanol–water partition coefficient (Wildman–Crippen LogP) is 5.22. The zero-order valence-corrected chi connectivity index (χ0v) is 13.9. The summed E-state index contributed by atoms with van der Waals surface area (Å²) in [5.41, 5.74) is 4.36. The molecule has 0 fully saturated rings. The molecule has 0 amide bonds. The topological polar surface area (TPSA) is 33.0 Å². The minimum Gasteiger partial charge on any atom is -0.493 e. The van der Waals surface area contributed by atoms with Gasteiger partial charge in [-0.3, -0.25) is 0 Å². The Morgan fingerprint density at radius 1 is 1.09 bits per heavy atom. The predicted molar refractivity (Wildman–Crippen MR) is 90.1 cm³/mol. The Bertz CT molecular complexity index is 678. The van der Waals surface area contributed by atoms with Crippen molar-refractivity contribution in [3.63, 3.8) is 0 Å². The van der Waals surface area contributed by atoms with E-state index in [4.69, 9.17) is 4.74 Å². The Kier molecular flexibility index (Phi) is 5.76. The molecule has 1 unspecified atom stereocenters. The summed E-state index contributed by atoms with van der Waals surface area (Å²) in [4.78, 5) is 0. The third-order valence-electron chi connectivity index (χ3n) is 3.92. The summed E-state index contributed by atoms with van der Waals surface area (Å²) in [5, 5.41) is 9.30. The van der Waals surface area contributed by atoms with E-state index in [1.807, 2.05) is 13.8 Å². The SMILES string of the molecule is Cc1cc(C)c(OCCCC(C#N)c2ccc(F)cc2)c(C)c1. The molecule has 0 spiro atoms. The molecule has 0 aliphatic carbocycles. The molecule has 2 aromatic rings. The molecule has 0 aliphatic rings. The first-order chi connectivity index (χ1) is 11.0. The van der Waals surface area contributed by atoms with Crippen LogP contribution in [0.4, 0.5) is 4.39 Å². The lowest BCUT2D eigenvalue weighted by Gasteiger charge is -2.14. The average Bonchev–Trinajstić information content (AvgIpc) is 2.50. The summed E-state index contributed by atoms with van der Waals surface area (Å²) in [5.74, 6) is 0.435. The van der Waals surface area contributed by atoms with Gasteiger partial charge in [-0.15, -0.1) is 0 Å². The normalized spacial score (nSPS) is 11.8. The largest absolute Gasteiger partial charge is 0.493 e. The maximum Gasteiger partial charge on any atom is 0.125 e. The van der Waals surface area contributed by atoms with E-state index in [2.05, 4.69) is 25.1 Å². The van der Waals surface area contributed by atoms with Crippen molar-refractivity contribution in [1.29, 1.82) is 5.26 Å². The number of benzene rings is 2. The molecule has 0 N–H and O–H groups in total. The molecular weight excluding hydrogens is 289 g/mol. The van der Waals surface area contributed by atoms with Crippen molar-refractivity contribution in [2.45, 2.75) is 39.5 Å². The highest BCUT2D eigenvalue weighted by atomic mass is 19.1. The second-order valence-electron chi connectivity index (χ2n) is 5.95. The summed E-state index contributed by atoms with van der Waals surface area (Å²) in [6.45, 7) is 6.74. The second-order valence-corrected chi connectivity index (χ2v) is 5.95. The summed E-state index contributed by atoms with van der Waals surface area (Å²) in [7, 11) is 0. The van der Waals surface area contributed by atoms with E-state index in [0.717, 1.165) is 28.9 Å². The Labute approximate surface area is 137 Å². The Morgan fingerprint density at radius 3 is 2.26 bits per heavy atom. The minimum absolute atomic E-state index is 0.223. The summed E-state index contributed by atoms with van der Waals surface area (Å²) >= 11 is 0. The van der Waals surface area contributed by atoms with Crippen LogP contribution in [-0.2, 0) is 0 Å². The van der Waals surface area contributed by atoms with Gasteiger partial charge in [0.25, 0.3) is 0 Å². The van der Waals surface area contributed by atoms with Crippen molar-refractivity contribution in [1.82, 2.24) is 0 Å². The first-order valence-electron chi connectivity index (χ1n) is 7.87. The van der Waals surface area contributed by atoms with E-state index in [-0.39, 0.29) is 11.7 Å². The molecule has 2 aromatic carbocycles. The molecule has 2 nitrogen and oxygen atoms in total. The van der Waals surface area contributed by atoms with Gasteiger partial charge < -0.3 is 4.74 Å². The van der Waals surface area contributed by atoms with E-state index < -0.39 is 0 Å². The van der Waals surface area contributed by atoms with Crippen LogP contribution in [0.3, 0.4) is 0 Å². The van der Waals surface area contributed by atoms with Crippen LogP contribution in [0, 0.1) is 37.9 Å². The molecule has 0 aliphatic heterocycles. The lowest BCUT2D eigenvalue weighted by atomic mass is 9.96. The molecule has 23 heavy (non-hydrogen) atoms. The quantitative estimate of drug-likeness (QED) is 0.685. The van der Waals surface area contributed by atoms with Crippen molar-refractivity contribution in [3.05, 3.63) is 64.5 Å². The van der Waals surface area contributed by atoms with Crippen molar-refractivity contribution in [2.24, 2.45) is 0 Å². The first-order valence-corrected chi connectivity index (χ1v) is 7.87. The Morgan fingerprint density at radius 2 is 1.70 bits per heavy atom. The van der Waals surface area contributed by atoms with Crippen molar-refractivity contribution >= 4 is 0 Å². The van der Waals surface area contributed by atoms with Gasteiger partial charge in [-0.05, 0) is 62.4 Å². The number of nitrogens with zero attached hydrogens (tertiary/aromatic N) is 1. The van der Waals surface area contributed by atoms with Gasteiger partial charge in [-0.25, -0.2) is 4.39 Å². The molecule has 2 rings (SSSR count). The number of aryl methyl sites for hydroxylation is 3. The number of ether oxygens (including phenoxy) is 1. The Hall–Kier alpha value is -2.34. The standard InChI is InChI=1S/C20H22FNO/c1-14-11-15(2)20(16(3)12-14)23-10-4-5-18(13-22)17-6-8-19(21)9-7-17/h6-9,11-12,18H,4-5,10H2,1-3H3. The van der Waals surface area contributed by atoms with E-state index in [9.17, 15) is 9.65 Å². The number of hydrogen-bond donors (Lipinski definition) is 0. The van der Waals surface area contributed by atoms with Crippen LogP contribution in [0.1, 0.15) is 41.0 Å². The number of hydrogen-bond acceptors (Lipinski definition) is 2. The van der Waals surface area contributed by atoms with Gasteiger partial charge in [0.15, 0.2) is 0 Å². The lowest BCUT2D eigenvalue weighted by molar-refractivity contribution is 0.301. The summed E-state index contributed by atoms with van der Waals surface area (Å²) in [6.07, 6.45) is 1.48. The highest BCUT2D eigenvalue weighted by molar-refractivity contribution is 5.42. The van der Waals surface area contributed by atoms with Crippen LogP contribution in [0.15, 0.2) is 36.4 Å². The Balaban J connectivity index is 1.89. The zero-order valence-electron chi connectivity index (χ0n) is 13.9. The second kappa shape index (κ2) is 7.78. The smallest absolute Gasteiger partial charge is 0.125 e. The lowest BCUT2D eigenvalue weighted by Crippen LogP contribution is -2.04. The van der Waals surface area contributed by atoms with Gasteiger partial charge in [0.2, 0.25) is 0 Å². The zero-order chi connectivity index (χ0) is 16.8. The average molecular weight is 311 g/mol. The molecular formula is C20H22FNO. The fourth-order valence-corrected chi connectivity index (χ4v) is 2.86. The minimum atomic E-state index is -0.279. The van der Waals surface area contributed by atoms with Crippen LogP contribution >= 0.6 is 0 Å². The van der Waals surface area contributed by atoms with Gasteiger partial charge in [-0.1, -0.05) is 29.8 Å². The fraction of sp³-hybridized carbons (Fsp3) is 0.350. The molecule has 0 radical (unpaired) electrons. The van der Waals surface area contributed by atoms with Crippen molar-refractivity contribution in [2.75, 3.05) is 6.61 Å². The van der Waals surface area contributed by atoms with Crippen LogP contribution < -0.4 is 4.74 Å². The third kappa shape index (κ3) is 4.56. The van der Waals surface area contributed by atoms with Crippen molar-refractivity contribution in [3.8, 4) is 11.8 Å². The van der Waals surface area contributed by atoms with E-state index in [1.54, 1.807) is 12.1 Å². The number of nitriles is 1.